The molecule has 0 aliphatic carbocycles. The van der Waals surface area contributed by atoms with Crippen molar-refractivity contribution < 1.29 is 9.47 Å². The van der Waals surface area contributed by atoms with E-state index in [1.165, 1.54) is 0 Å². The maximum Gasteiger partial charge on any atom is 0.133 e. The zero-order chi connectivity index (χ0) is 16.5. The molecule has 0 saturated carbocycles. The number of anilines is 1. The number of hydrogen-bond donors (Lipinski definition) is 1. The van der Waals surface area contributed by atoms with Gasteiger partial charge < -0.3 is 14.4 Å². The first-order valence-corrected chi connectivity index (χ1v) is 7.96. The van der Waals surface area contributed by atoms with Crippen LogP contribution in [0.4, 0.5) is 5.82 Å². The summed E-state index contributed by atoms with van der Waals surface area (Å²) in [7, 11) is 1.68. The Balaban J connectivity index is 1.92. The summed E-state index contributed by atoms with van der Waals surface area (Å²) < 4.78 is 11.1. The Labute approximate surface area is 139 Å². The van der Waals surface area contributed by atoms with Crippen molar-refractivity contribution in [1.82, 2.24) is 20.2 Å². The number of aromatic nitrogens is 4. The number of pyridine rings is 2. The first-order valence-electron chi connectivity index (χ1n) is 7.96. The van der Waals surface area contributed by atoms with Gasteiger partial charge in [-0.3, -0.25) is 10.1 Å². The lowest BCUT2D eigenvalue weighted by molar-refractivity contribution is 0.0985. The standard InChI is InChI=1S/C17H19N5O2/c1-11-10-24-8-7-22(11)15-9-14(23-2)12-3-5-18-17(16(12)20-15)13-4-6-19-21-13/h3-6,9,11H,7-8,10H2,1-2H3,(H,19,21)/t11-/m1/s1. The fraction of sp³-hybridized carbons (Fsp3) is 0.353. The summed E-state index contributed by atoms with van der Waals surface area (Å²) in [5.74, 6) is 1.66. The van der Waals surface area contributed by atoms with Crippen LogP contribution in [0.3, 0.4) is 0 Å². The quantitative estimate of drug-likeness (QED) is 0.796. The molecule has 0 radical (unpaired) electrons. The van der Waals surface area contributed by atoms with Gasteiger partial charge in [0.2, 0.25) is 0 Å². The molecule has 1 aliphatic heterocycles. The number of nitrogens with one attached hydrogen (secondary N) is 1. The second-order valence-corrected chi connectivity index (χ2v) is 5.82. The molecule has 124 valence electrons. The molecule has 0 unspecified atom stereocenters. The van der Waals surface area contributed by atoms with E-state index in [1.54, 1.807) is 19.5 Å². The zero-order valence-corrected chi connectivity index (χ0v) is 13.7. The molecule has 7 heteroatoms. The number of morpholine rings is 1. The molecule has 7 nitrogen and oxygen atoms in total. The van der Waals surface area contributed by atoms with Crippen molar-refractivity contribution in [2.45, 2.75) is 13.0 Å². The highest BCUT2D eigenvalue weighted by Crippen LogP contribution is 2.33. The first-order chi connectivity index (χ1) is 11.8. The highest BCUT2D eigenvalue weighted by Gasteiger charge is 2.22. The van der Waals surface area contributed by atoms with Crippen LogP contribution in [-0.4, -0.2) is 53.1 Å². The number of rotatable bonds is 3. The minimum atomic E-state index is 0.263. The number of methoxy groups -OCH3 is 1. The van der Waals surface area contributed by atoms with Crippen molar-refractivity contribution in [3.05, 3.63) is 30.6 Å². The topological polar surface area (TPSA) is 76.2 Å². The second-order valence-electron chi connectivity index (χ2n) is 5.82. The Bertz CT molecular complexity index is 850. The van der Waals surface area contributed by atoms with E-state index in [2.05, 4.69) is 27.0 Å². The minimum Gasteiger partial charge on any atom is -0.496 e. The average molecular weight is 325 g/mol. The lowest BCUT2D eigenvalue weighted by atomic mass is 10.1. The van der Waals surface area contributed by atoms with Crippen LogP contribution in [0.5, 0.6) is 5.75 Å². The van der Waals surface area contributed by atoms with Gasteiger partial charge in [0.1, 0.15) is 28.5 Å². The maximum absolute atomic E-state index is 5.61. The number of ether oxygens (including phenoxy) is 2. The molecular weight excluding hydrogens is 306 g/mol. The van der Waals surface area contributed by atoms with Gasteiger partial charge in [-0.05, 0) is 19.1 Å². The van der Waals surface area contributed by atoms with E-state index in [0.717, 1.165) is 40.4 Å². The van der Waals surface area contributed by atoms with Crippen molar-refractivity contribution >= 4 is 16.7 Å². The Hall–Kier alpha value is -2.67. The molecule has 1 aliphatic rings. The Morgan fingerprint density at radius 3 is 3.04 bits per heavy atom. The van der Waals surface area contributed by atoms with E-state index in [9.17, 15) is 0 Å². The molecule has 3 aromatic heterocycles. The summed E-state index contributed by atoms with van der Waals surface area (Å²) in [6.45, 7) is 4.34. The number of H-pyrrole nitrogens is 1. The Kier molecular flexibility index (Phi) is 3.78. The zero-order valence-electron chi connectivity index (χ0n) is 13.7. The summed E-state index contributed by atoms with van der Waals surface area (Å²) in [6, 6.07) is 6.06. The highest BCUT2D eigenvalue weighted by molar-refractivity contribution is 5.95. The SMILES string of the molecule is COc1cc(N2CCOC[C@H]2C)nc2c(-c3cc[nH]n3)nccc12. The van der Waals surface area contributed by atoms with Gasteiger partial charge in [0, 0.05) is 30.4 Å². The molecule has 1 fully saturated rings. The molecular formula is C17H19N5O2. The fourth-order valence-electron chi connectivity index (χ4n) is 3.07. The average Bonchev–Trinajstić information content (AvgIpc) is 3.15. The van der Waals surface area contributed by atoms with Crippen LogP contribution >= 0.6 is 0 Å². The van der Waals surface area contributed by atoms with Crippen LogP contribution in [0.25, 0.3) is 22.3 Å². The van der Waals surface area contributed by atoms with Crippen molar-refractivity contribution in [3.8, 4) is 17.1 Å². The third-order valence-corrected chi connectivity index (χ3v) is 4.30. The predicted octanol–water partition coefficient (Wildman–Crippen LogP) is 2.25. The van der Waals surface area contributed by atoms with Gasteiger partial charge in [0.05, 0.1) is 26.4 Å². The maximum atomic E-state index is 5.61. The highest BCUT2D eigenvalue weighted by atomic mass is 16.5. The summed E-state index contributed by atoms with van der Waals surface area (Å²) in [6.07, 6.45) is 3.54. The molecule has 0 aromatic carbocycles. The molecule has 4 rings (SSSR count). The van der Waals surface area contributed by atoms with Gasteiger partial charge in [0.25, 0.3) is 0 Å². The van der Waals surface area contributed by atoms with Crippen molar-refractivity contribution in [2.24, 2.45) is 0 Å². The van der Waals surface area contributed by atoms with Gasteiger partial charge in [-0.15, -0.1) is 0 Å². The summed E-state index contributed by atoms with van der Waals surface area (Å²) in [5, 5.41) is 8.00. The van der Waals surface area contributed by atoms with E-state index >= 15 is 0 Å². The van der Waals surface area contributed by atoms with E-state index < -0.39 is 0 Å². The largest absolute Gasteiger partial charge is 0.496 e. The Morgan fingerprint density at radius 1 is 1.38 bits per heavy atom. The summed E-state index contributed by atoms with van der Waals surface area (Å²) in [4.78, 5) is 11.6. The first kappa shape index (κ1) is 14.9. The predicted molar refractivity (Wildman–Crippen MR) is 91.3 cm³/mol. The molecule has 1 atom stereocenters. The summed E-state index contributed by atoms with van der Waals surface area (Å²) in [5.41, 5.74) is 2.30. The van der Waals surface area contributed by atoms with Gasteiger partial charge in [-0.2, -0.15) is 5.10 Å². The Morgan fingerprint density at radius 2 is 2.29 bits per heavy atom. The van der Waals surface area contributed by atoms with E-state index in [4.69, 9.17) is 14.5 Å². The van der Waals surface area contributed by atoms with Crippen LogP contribution in [0.15, 0.2) is 30.6 Å². The lowest BCUT2D eigenvalue weighted by Gasteiger charge is -2.34. The second kappa shape index (κ2) is 6.09. The van der Waals surface area contributed by atoms with Crippen LogP contribution in [0, 0.1) is 0 Å². The third-order valence-electron chi connectivity index (χ3n) is 4.30. The van der Waals surface area contributed by atoms with Gasteiger partial charge >= 0.3 is 0 Å². The van der Waals surface area contributed by atoms with E-state index in [-0.39, 0.29) is 6.04 Å². The minimum absolute atomic E-state index is 0.263. The van der Waals surface area contributed by atoms with Crippen molar-refractivity contribution in [1.29, 1.82) is 0 Å². The van der Waals surface area contributed by atoms with Crippen molar-refractivity contribution in [2.75, 3.05) is 31.8 Å². The molecule has 4 heterocycles. The lowest BCUT2D eigenvalue weighted by Crippen LogP contribution is -2.44. The fourth-order valence-corrected chi connectivity index (χ4v) is 3.07. The molecule has 24 heavy (non-hydrogen) atoms. The molecule has 1 N–H and O–H groups in total. The van der Waals surface area contributed by atoms with Gasteiger partial charge in [0.15, 0.2) is 0 Å². The van der Waals surface area contributed by atoms with Crippen LogP contribution in [0.1, 0.15) is 6.92 Å². The molecule has 3 aromatic rings. The number of fused-ring (bicyclic) bond motifs is 1. The molecule has 0 amide bonds. The van der Waals surface area contributed by atoms with Gasteiger partial charge in [-0.25, -0.2) is 4.98 Å². The van der Waals surface area contributed by atoms with E-state index in [1.807, 2.05) is 18.2 Å². The number of aromatic amines is 1. The smallest absolute Gasteiger partial charge is 0.133 e. The monoisotopic (exact) mass is 325 g/mol. The third kappa shape index (κ3) is 2.46. The molecule has 0 bridgehead atoms. The van der Waals surface area contributed by atoms with Crippen LogP contribution in [-0.2, 0) is 4.74 Å². The number of hydrogen-bond acceptors (Lipinski definition) is 6. The molecule has 1 saturated heterocycles. The normalized spacial score (nSPS) is 18.1. The van der Waals surface area contributed by atoms with Crippen LogP contribution in [0.2, 0.25) is 0 Å². The number of nitrogens with zero attached hydrogens (tertiary/aromatic N) is 4. The van der Waals surface area contributed by atoms with Crippen molar-refractivity contribution in [3.63, 3.8) is 0 Å². The summed E-state index contributed by atoms with van der Waals surface area (Å²) >= 11 is 0. The van der Waals surface area contributed by atoms with Crippen LogP contribution < -0.4 is 9.64 Å². The van der Waals surface area contributed by atoms with E-state index in [0.29, 0.717) is 13.2 Å². The molecule has 0 spiro atoms. The van der Waals surface area contributed by atoms with Gasteiger partial charge in [-0.1, -0.05) is 0 Å².